The van der Waals surface area contributed by atoms with Crippen LogP contribution in [0.1, 0.15) is 25.8 Å². The predicted octanol–water partition coefficient (Wildman–Crippen LogP) is 2.22. The van der Waals surface area contributed by atoms with Crippen LogP contribution in [-0.2, 0) is 10.2 Å². The number of rotatable bonds is 3. The van der Waals surface area contributed by atoms with Crippen molar-refractivity contribution in [3.8, 4) is 0 Å². The minimum atomic E-state index is -0.208. The fourth-order valence-electron chi connectivity index (χ4n) is 2.78. The Labute approximate surface area is 106 Å². The van der Waals surface area contributed by atoms with Crippen molar-refractivity contribution >= 4 is 11.1 Å². The van der Waals surface area contributed by atoms with Crippen LogP contribution in [0.25, 0.3) is 11.1 Å². The maximum absolute atomic E-state index is 6.17. The third-order valence-corrected chi connectivity index (χ3v) is 3.49. The van der Waals surface area contributed by atoms with E-state index in [1.54, 1.807) is 0 Å². The molecule has 0 aliphatic carbocycles. The standard InChI is InChI=1S/C14H18N2O2/c1-13(2,15)6-14(7-17-8-14)10-3-4-11-12(5-10)18-9-16-11/h3-5,9H,6-8,15H2,1-2H3. The van der Waals surface area contributed by atoms with Gasteiger partial charge in [-0.3, -0.25) is 0 Å². The second-order valence-corrected chi connectivity index (χ2v) is 5.97. The van der Waals surface area contributed by atoms with Crippen molar-refractivity contribution < 1.29 is 9.15 Å². The van der Waals surface area contributed by atoms with Crippen molar-refractivity contribution in [1.29, 1.82) is 0 Å². The Balaban J connectivity index is 2.00. The van der Waals surface area contributed by atoms with Gasteiger partial charge in [0.1, 0.15) is 5.52 Å². The van der Waals surface area contributed by atoms with Gasteiger partial charge in [0.05, 0.1) is 13.2 Å². The van der Waals surface area contributed by atoms with E-state index >= 15 is 0 Å². The summed E-state index contributed by atoms with van der Waals surface area (Å²) in [5.74, 6) is 0. The fraction of sp³-hybridized carbons (Fsp3) is 0.500. The molecule has 1 aromatic carbocycles. The van der Waals surface area contributed by atoms with Gasteiger partial charge in [0.15, 0.2) is 12.0 Å². The summed E-state index contributed by atoms with van der Waals surface area (Å²) in [5.41, 5.74) is 8.94. The van der Waals surface area contributed by atoms with Crippen molar-refractivity contribution in [3.63, 3.8) is 0 Å². The highest BCUT2D eigenvalue weighted by atomic mass is 16.5. The highest BCUT2D eigenvalue weighted by molar-refractivity contribution is 5.73. The van der Waals surface area contributed by atoms with Crippen LogP contribution in [0.15, 0.2) is 29.0 Å². The van der Waals surface area contributed by atoms with Crippen molar-refractivity contribution in [2.24, 2.45) is 5.73 Å². The molecule has 0 unspecified atom stereocenters. The topological polar surface area (TPSA) is 61.3 Å². The highest BCUT2D eigenvalue weighted by Gasteiger charge is 2.43. The summed E-state index contributed by atoms with van der Waals surface area (Å²) < 4.78 is 10.8. The fourth-order valence-corrected chi connectivity index (χ4v) is 2.78. The lowest BCUT2D eigenvalue weighted by atomic mass is 9.71. The Morgan fingerprint density at radius 2 is 2.17 bits per heavy atom. The number of hydrogen-bond donors (Lipinski definition) is 1. The van der Waals surface area contributed by atoms with Crippen LogP contribution in [-0.4, -0.2) is 23.7 Å². The third kappa shape index (κ3) is 1.91. The first kappa shape index (κ1) is 11.7. The van der Waals surface area contributed by atoms with Crippen molar-refractivity contribution in [1.82, 2.24) is 4.98 Å². The maximum Gasteiger partial charge on any atom is 0.181 e. The molecule has 96 valence electrons. The smallest absolute Gasteiger partial charge is 0.181 e. The monoisotopic (exact) mass is 246 g/mol. The highest BCUT2D eigenvalue weighted by Crippen LogP contribution is 2.39. The molecule has 0 atom stereocenters. The van der Waals surface area contributed by atoms with E-state index < -0.39 is 0 Å². The normalized spacial score (nSPS) is 18.8. The van der Waals surface area contributed by atoms with E-state index in [1.807, 2.05) is 6.07 Å². The SMILES string of the molecule is CC(C)(N)CC1(c2ccc3ncoc3c2)COC1. The molecule has 0 radical (unpaired) electrons. The van der Waals surface area contributed by atoms with Gasteiger partial charge < -0.3 is 14.9 Å². The number of aromatic nitrogens is 1. The van der Waals surface area contributed by atoms with E-state index in [-0.39, 0.29) is 11.0 Å². The zero-order valence-electron chi connectivity index (χ0n) is 10.8. The summed E-state index contributed by atoms with van der Waals surface area (Å²) in [6.45, 7) is 5.57. The average Bonchev–Trinajstić information content (AvgIpc) is 2.69. The molecule has 0 amide bonds. The molecule has 1 aromatic heterocycles. The average molecular weight is 246 g/mol. The zero-order valence-corrected chi connectivity index (χ0v) is 10.8. The molecule has 4 heteroatoms. The Morgan fingerprint density at radius 3 is 2.78 bits per heavy atom. The number of benzene rings is 1. The molecule has 1 fully saturated rings. The lowest BCUT2D eigenvalue weighted by Crippen LogP contribution is -2.53. The van der Waals surface area contributed by atoms with Gasteiger partial charge in [0, 0.05) is 11.0 Å². The first-order valence-corrected chi connectivity index (χ1v) is 6.19. The first-order chi connectivity index (χ1) is 8.49. The largest absolute Gasteiger partial charge is 0.443 e. The van der Waals surface area contributed by atoms with E-state index in [2.05, 4.69) is 31.0 Å². The molecule has 0 bridgehead atoms. The minimum Gasteiger partial charge on any atom is -0.443 e. The van der Waals surface area contributed by atoms with Gasteiger partial charge in [-0.15, -0.1) is 0 Å². The molecular weight excluding hydrogens is 228 g/mol. The number of fused-ring (bicyclic) bond motifs is 1. The predicted molar refractivity (Wildman–Crippen MR) is 69.4 cm³/mol. The summed E-state index contributed by atoms with van der Waals surface area (Å²) >= 11 is 0. The van der Waals surface area contributed by atoms with E-state index in [9.17, 15) is 0 Å². The molecule has 0 spiro atoms. The number of ether oxygens (including phenoxy) is 1. The molecule has 18 heavy (non-hydrogen) atoms. The Kier molecular flexibility index (Phi) is 2.47. The summed E-state index contributed by atoms with van der Waals surface area (Å²) in [6, 6.07) is 6.17. The van der Waals surface area contributed by atoms with E-state index in [4.69, 9.17) is 14.9 Å². The molecule has 3 rings (SSSR count). The Morgan fingerprint density at radius 1 is 1.39 bits per heavy atom. The van der Waals surface area contributed by atoms with Crippen LogP contribution < -0.4 is 5.73 Å². The number of hydrogen-bond acceptors (Lipinski definition) is 4. The van der Waals surface area contributed by atoms with Crippen LogP contribution in [0.4, 0.5) is 0 Å². The number of nitrogens with two attached hydrogens (primary N) is 1. The van der Waals surface area contributed by atoms with Gasteiger partial charge in [-0.1, -0.05) is 6.07 Å². The maximum atomic E-state index is 6.17. The van der Waals surface area contributed by atoms with E-state index in [0.717, 1.165) is 30.7 Å². The molecule has 1 saturated heterocycles. The van der Waals surface area contributed by atoms with E-state index in [0.29, 0.717) is 0 Å². The molecule has 0 saturated carbocycles. The van der Waals surface area contributed by atoms with Crippen LogP contribution >= 0.6 is 0 Å². The summed E-state index contributed by atoms with van der Waals surface area (Å²) in [7, 11) is 0. The Bertz CT molecular complexity index is 564. The lowest BCUT2D eigenvalue weighted by molar-refractivity contribution is -0.0718. The first-order valence-electron chi connectivity index (χ1n) is 6.19. The van der Waals surface area contributed by atoms with Crippen LogP contribution in [0.5, 0.6) is 0 Å². The second-order valence-electron chi connectivity index (χ2n) is 5.97. The van der Waals surface area contributed by atoms with E-state index in [1.165, 1.54) is 12.0 Å². The molecule has 1 aliphatic rings. The van der Waals surface area contributed by atoms with Gasteiger partial charge in [0.25, 0.3) is 0 Å². The number of oxazole rings is 1. The molecule has 1 aliphatic heterocycles. The summed E-state index contributed by atoms with van der Waals surface area (Å²) in [5, 5.41) is 0. The van der Waals surface area contributed by atoms with Crippen LogP contribution in [0.3, 0.4) is 0 Å². The quantitative estimate of drug-likeness (QED) is 0.902. The van der Waals surface area contributed by atoms with Gasteiger partial charge in [-0.05, 0) is 38.0 Å². The lowest BCUT2D eigenvalue weighted by Gasteiger charge is -2.45. The van der Waals surface area contributed by atoms with Gasteiger partial charge in [-0.2, -0.15) is 0 Å². The van der Waals surface area contributed by atoms with Gasteiger partial charge in [-0.25, -0.2) is 4.98 Å². The zero-order chi connectivity index (χ0) is 12.8. The van der Waals surface area contributed by atoms with Crippen molar-refractivity contribution in [2.45, 2.75) is 31.2 Å². The Hall–Kier alpha value is -1.39. The minimum absolute atomic E-state index is 0.0270. The van der Waals surface area contributed by atoms with Crippen molar-refractivity contribution in [2.75, 3.05) is 13.2 Å². The van der Waals surface area contributed by atoms with Crippen LogP contribution in [0.2, 0.25) is 0 Å². The summed E-state index contributed by atoms with van der Waals surface area (Å²) in [4.78, 5) is 4.14. The molecule has 2 aromatic rings. The number of nitrogens with zero attached hydrogens (tertiary/aromatic N) is 1. The van der Waals surface area contributed by atoms with Crippen LogP contribution in [0, 0.1) is 0 Å². The van der Waals surface area contributed by atoms with Gasteiger partial charge >= 0.3 is 0 Å². The van der Waals surface area contributed by atoms with Gasteiger partial charge in [0.2, 0.25) is 0 Å². The molecule has 2 N–H and O–H groups in total. The third-order valence-electron chi connectivity index (χ3n) is 3.49. The molecular formula is C14H18N2O2. The molecule has 2 heterocycles. The molecule has 4 nitrogen and oxygen atoms in total. The summed E-state index contributed by atoms with van der Waals surface area (Å²) in [6.07, 6.45) is 2.38. The second kappa shape index (κ2) is 3.80. The van der Waals surface area contributed by atoms with Crippen molar-refractivity contribution in [3.05, 3.63) is 30.2 Å².